The van der Waals surface area contributed by atoms with Gasteiger partial charge in [-0.05, 0) is 35.2 Å². The van der Waals surface area contributed by atoms with E-state index in [2.05, 4.69) is 19.9 Å². The molecular formula is C15H13ClF. The molecule has 0 aliphatic rings. The maximum atomic E-state index is 12.9. The highest BCUT2D eigenvalue weighted by Crippen LogP contribution is 2.33. The van der Waals surface area contributed by atoms with Crippen LogP contribution in [0.5, 0.6) is 0 Å². The fourth-order valence-electron chi connectivity index (χ4n) is 1.77. The number of hydrogen-bond donors (Lipinski definition) is 0. The molecule has 0 aromatic heterocycles. The van der Waals surface area contributed by atoms with Gasteiger partial charge in [0.05, 0.1) is 5.02 Å². The van der Waals surface area contributed by atoms with Crippen LogP contribution in [0, 0.1) is 11.9 Å². The fourth-order valence-corrected chi connectivity index (χ4v) is 2.21. The number of halogens is 2. The molecule has 0 bridgehead atoms. The van der Waals surface area contributed by atoms with E-state index in [9.17, 15) is 4.39 Å². The van der Waals surface area contributed by atoms with E-state index in [1.165, 1.54) is 12.1 Å². The van der Waals surface area contributed by atoms with E-state index in [0.29, 0.717) is 10.9 Å². The summed E-state index contributed by atoms with van der Waals surface area (Å²) in [5.74, 6) is 0.112. The highest BCUT2D eigenvalue weighted by Gasteiger charge is 2.10. The Bertz CT molecular complexity index is 515. The van der Waals surface area contributed by atoms with Gasteiger partial charge >= 0.3 is 0 Å². The van der Waals surface area contributed by atoms with Crippen LogP contribution >= 0.6 is 11.6 Å². The minimum Gasteiger partial charge on any atom is -0.207 e. The zero-order valence-corrected chi connectivity index (χ0v) is 10.6. The zero-order valence-electron chi connectivity index (χ0n) is 9.80. The summed E-state index contributed by atoms with van der Waals surface area (Å²) in [7, 11) is 0. The molecule has 2 aromatic carbocycles. The van der Waals surface area contributed by atoms with E-state index in [1.807, 2.05) is 12.1 Å². The van der Waals surface area contributed by atoms with Gasteiger partial charge in [0, 0.05) is 5.56 Å². The zero-order chi connectivity index (χ0) is 12.4. The lowest BCUT2D eigenvalue weighted by Crippen LogP contribution is -1.91. The van der Waals surface area contributed by atoms with E-state index in [1.54, 1.807) is 12.1 Å². The van der Waals surface area contributed by atoms with Crippen LogP contribution in [0.1, 0.15) is 25.3 Å². The van der Waals surface area contributed by atoms with Gasteiger partial charge in [-0.25, -0.2) is 4.39 Å². The van der Waals surface area contributed by atoms with Crippen LogP contribution in [0.15, 0.2) is 36.4 Å². The van der Waals surface area contributed by atoms with Gasteiger partial charge in [-0.3, -0.25) is 0 Å². The molecule has 0 atom stereocenters. The van der Waals surface area contributed by atoms with Gasteiger partial charge in [0.2, 0.25) is 0 Å². The molecule has 0 N–H and O–H groups in total. The van der Waals surface area contributed by atoms with Crippen molar-refractivity contribution in [3.05, 3.63) is 58.9 Å². The minimum absolute atomic E-state index is 0.245. The standard InChI is InChI=1S/C15H13ClF/c1-10(2)13-4-3-5-14(15(13)16)11-6-8-12(17)9-7-11/h3-4,6-10H,1-2H3. The summed E-state index contributed by atoms with van der Waals surface area (Å²) < 4.78 is 12.9. The largest absolute Gasteiger partial charge is 0.207 e. The Labute approximate surface area is 106 Å². The van der Waals surface area contributed by atoms with Crippen molar-refractivity contribution in [2.75, 3.05) is 0 Å². The first-order valence-electron chi connectivity index (χ1n) is 5.55. The van der Waals surface area contributed by atoms with Crippen LogP contribution < -0.4 is 0 Å². The second-order valence-corrected chi connectivity index (χ2v) is 4.66. The van der Waals surface area contributed by atoms with Gasteiger partial charge in [0.25, 0.3) is 0 Å². The Morgan fingerprint density at radius 3 is 2.35 bits per heavy atom. The average molecular weight is 248 g/mol. The van der Waals surface area contributed by atoms with Crippen LogP contribution in [-0.2, 0) is 0 Å². The summed E-state index contributed by atoms with van der Waals surface area (Å²) in [6, 6.07) is 13.2. The van der Waals surface area contributed by atoms with Crippen molar-refractivity contribution in [2.45, 2.75) is 19.8 Å². The fraction of sp³-hybridized carbons (Fsp3) is 0.200. The second kappa shape index (κ2) is 4.89. The summed E-state index contributed by atoms with van der Waals surface area (Å²) in [6.45, 7) is 4.19. The van der Waals surface area contributed by atoms with Crippen molar-refractivity contribution in [3.63, 3.8) is 0 Å². The van der Waals surface area contributed by atoms with E-state index < -0.39 is 0 Å². The van der Waals surface area contributed by atoms with Gasteiger partial charge in [-0.2, -0.15) is 0 Å². The van der Waals surface area contributed by atoms with Gasteiger partial charge in [0.1, 0.15) is 5.82 Å². The molecule has 0 unspecified atom stereocenters. The molecule has 0 amide bonds. The number of hydrogen-bond acceptors (Lipinski definition) is 0. The first-order valence-corrected chi connectivity index (χ1v) is 5.93. The van der Waals surface area contributed by atoms with Crippen molar-refractivity contribution < 1.29 is 4.39 Å². The lowest BCUT2D eigenvalue weighted by Gasteiger charge is -2.12. The number of rotatable bonds is 2. The van der Waals surface area contributed by atoms with Crippen LogP contribution in [-0.4, -0.2) is 0 Å². The lowest BCUT2D eigenvalue weighted by atomic mass is 9.97. The van der Waals surface area contributed by atoms with E-state index in [-0.39, 0.29) is 5.82 Å². The van der Waals surface area contributed by atoms with Gasteiger partial charge in [-0.15, -0.1) is 0 Å². The molecule has 0 aliphatic carbocycles. The summed E-state index contributed by atoms with van der Waals surface area (Å²) in [5.41, 5.74) is 2.81. The Morgan fingerprint density at radius 2 is 1.76 bits per heavy atom. The molecule has 1 radical (unpaired) electrons. The molecule has 0 saturated carbocycles. The van der Waals surface area contributed by atoms with Gasteiger partial charge < -0.3 is 0 Å². The van der Waals surface area contributed by atoms with Gasteiger partial charge in [-0.1, -0.05) is 49.7 Å². The molecule has 0 nitrogen and oxygen atoms in total. The lowest BCUT2D eigenvalue weighted by molar-refractivity contribution is 0.628. The summed E-state index contributed by atoms with van der Waals surface area (Å²) in [4.78, 5) is 0. The van der Waals surface area contributed by atoms with Gasteiger partial charge in [0.15, 0.2) is 0 Å². The first kappa shape index (κ1) is 12.1. The highest BCUT2D eigenvalue weighted by atomic mass is 35.5. The SMILES string of the molecule is CC(C)c1cc[c]c(-c2ccc(F)cc2)c1Cl. The summed E-state index contributed by atoms with van der Waals surface area (Å²) in [5, 5.41) is 0.703. The third-order valence-electron chi connectivity index (χ3n) is 2.72. The molecule has 2 aromatic rings. The van der Waals surface area contributed by atoms with Crippen molar-refractivity contribution in [3.8, 4) is 11.1 Å². The molecule has 0 saturated heterocycles. The number of benzene rings is 2. The Kier molecular flexibility index (Phi) is 3.49. The molecular weight excluding hydrogens is 235 g/mol. The Morgan fingerprint density at radius 1 is 1.12 bits per heavy atom. The Hall–Kier alpha value is -1.34. The van der Waals surface area contributed by atoms with Crippen molar-refractivity contribution in [2.24, 2.45) is 0 Å². The van der Waals surface area contributed by atoms with E-state index >= 15 is 0 Å². The summed E-state index contributed by atoms with van der Waals surface area (Å²) in [6.07, 6.45) is 0. The maximum absolute atomic E-state index is 12.9. The normalized spacial score (nSPS) is 10.9. The highest BCUT2D eigenvalue weighted by molar-refractivity contribution is 6.34. The minimum atomic E-state index is -0.245. The molecule has 0 spiro atoms. The van der Waals surface area contributed by atoms with Crippen molar-refractivity contribution in [1.29, 1.82) is 0 Å². The topological polar surface area (TPSA) is 0 Å². The van der Waals surface area contributed by atoms with E-state index in [4.69, 9.17) is 11.6 Å². The third-order valence-corrected chi connectivity index (χ3v) is 3.13. The van der Waals surface area contributed by atoms with Crippen molar-refractivity contribution in [1.82, 2.24) is 0 Å². The maximum Gasteiger partial charge on any atom is 0.123 e. The van der Waals surface area contributed by atoms with Crippen LogP contribution in [0.25, 0.3) is 11.1 Å². The quantitative estimate of drug-likeness (QED) is 0.695. The van der Waals surface area contributed by atoms with E-state index in [0.717, 1.165) is 16.7 Å². The predicted molar refractivity (Wildman–Crippen MR) is 69.8 cm³/mol. The summed E-state index contributed by atoms with van der Waals surface area (Å²) >= 11 is 6.35. The predicted octanol–water partition coefficient (Wildman–Crippen LogP) is 5.07. The smallest absolute Gasteiger partial charge is 0.123 e. The second-order valence-electron chi connectivity index (χ2n) is 4.28. The van der Waals surface area contributed by atoms with Crippen LogP contribution in [0.4, 0.5) is 4.39 Å². The molecule has 2 rings (SSSR count). The van der Waals surface area contributed by atoms with Crippen LogP contribution in [0.3, 0.4) is 0 Å². The monoisotopic (exact) mass is 247 g/mol. The molecule has 0 fully saturated rings. The average Bonchev–Trinajstić information content (AvgIpc) is 2.30. The van der Waals surface area contributed by atoms with Crippen LogP contribution in [0.2, 0.25) is 5.02 Å². The molecule has 87 valence electrons. The molecule has 2 heteroatoms. The molecule has 0 aliphatic heterocycles. The third kappa shape index (κ3) is 2.50. The molecule has 0 heterocycles. The molecule has 17 heavy (non-hydrogen) atoms. The first-order chi connectivity index (χ1) is 8.09. The van der Waals surface area contributed by atoms with Crippen molar-refractivity contribution >= 4 is 11.6 Å². The Balaban J connectivity index is 2.52.